The Morgan fingerprint density at radius 2 is 1.81 bits per heavy atom. The SMILES string of the molecule is O=C(c1ccc2ccccc2n1)N1CCC[C@H](C(=O)N2CCOCC2)C1. The predicted octanol–water partition coefficient (Wildman–Crippen LogP) is 1.95. The van der Waals surface area contributed by atoms with Gasteiger partial charge in [0.15, 0.2) is 0 Å². The molecule has 2 aliphatic heterocycles. The van der Waals surface area contributed by atoms with Gasteiger partial charge in [0, 0.05) is 31.6 Å². The van der Waals surface area contributed by atoms with Crippen molar-refractivity contribution < 1.29 is 14.3 Å². The molecule has 0 aliphatic carbocycles. The first kappa shape index (κ1) is 17.0. The molecule has 2 fully saturated rings. The van der Waals surface area contributed by atoms with Crippen molar-refractivity contribution in [3.63, 3.8) is 0 Å². The van der Waals surface area contributed by atoms with Crippen LogP contribution in [-0.4, -0.2) is 66.0 Å². The van der Waals surface area contributed by atoms with Gasteiger partial charge in [-0.2, -0.15) is 0 Å². The molecule has 0 spiro atoms. The minimum absolute atomic E-state index is 0.0877. The van der Waals surface area contributed by atoms with Crippen LogP contribution >= 0.6 is 0 Å². The zero-order valence-corrected chi connectivity index (χ0v) is 14.8. The minimum atomic E-state index is -0.119. The molecule has 0 saturated carbocycles. The average molecular weight is 353 g/mol. The second-order valence-electron chi connectivity index (χ2n) is 6.92. The molecule has 2 aromatic rings. The van der Waals surface area contributed by atoms with E-state index in [1.807, 2.05) is 35.2 Å². The topological polar surface area (TPSA) is 62.7 Å². The van der Waals surface area contributed by atoms with E-state index < -0.39 is 0 Å². The Morgan fingerprint density at radius 1 is 1.00 bits per heavy atom. The molecule has 3 heterocycles. The summed E-state index contributed by atoms with van der Waals surface area (Å²) in [6.45, 7) is 3.65. The lowest BCUT2D eigenvalue weighted by atomic mass is 9.96. The number of fused-ring (bicyclic) bond motifs is 1. The van der Waals surface area contributed by atoms with E-state index in [2.05, 4.69) is 4.98 Å². The van der Waals surface area contributed by atoms with Crippen LogP contribution in [0.15, 0.2) is 36.4 Å². The van der Waals surface area contributed by atoms with Crippen LogP contribution in [0.5, 0.6) is 0 Å². The van der Waals surface area contributed by atoms with Crippen molar-refractivity contribution in [1.29, 1.82) is 0 Å². The van der Waals surface area contributed by atoms with Crippen molar-refractivity contribution in [2.24, 2.45) is 5.92 Å². The number of hydrogen-bond donors (Lipinski definition) is 0. The molecule has 0 N–H and O–H groups in total. The zero-order valence-electron chi connectivity index (χ0n) is 14.8. The van der Waals surface area contributed by atoms with E-state index in [9.17, 15) is 9.59 Å². The highest BCUT2D eigenvalue weighted by Crippen LogP contribution is 2.22. The molecule has 4 rings (SSSR count). The lowest BCUT2D eigenvalue weighted by Gasteiger charge is -2.36. The summed E-state index contributed by atoms with van der Waals surface area (Å²) in [5, 5.41) is 1.02. The number of benzene rings is 1. The van der Waals surface area contributed by atoms with E-state index in [4.69, 9.17) is 4.74 Å². The smallest absolute Gasteiger partial charge is 0.272 e. The molecule has 1 aromatic heterocycles. The molecule has 26 heavy (non-hydrogen) atoms. The van der Waals surface area contributed by atoms with Gasteiger partial charge in [0.2, 0.25) is 5.91 Å². The van der Waals surface area contributed by atoms with Gasteiger partial charge in [0.25, 0.3) is 5.91 Å². The van der Waals surface area contributed by atoms with Crippen LogP contribution in [0.2, 0.25) is 0 Å². The number of nitrogens with zero attached hydrogens (tertiary/aromatic N) is 3. The van der Waals surface area contributed by atoms with Gasteiger partial charge in [-0.05, 0) is 25.0 Å². The normalized spacial score (nSPS) is 21.0. The Labute approximate surface area is 152 Å². The highest BCUT2D eigenvalue weighted by molar-refractivity contribution is 5.95. The van der Waals surface area contributed by atoms with Crippen molar-refractivity contribution in [3.8, 4) is 0 Å². The van der Waals surface area contributed by atoms with Gasteiger partial charge in [-0.15, -0.1) is 0 Å². The average Bonchev–Trinajstić information content (AvgIpc) is 2.73. The van der Waals surface area contributed by atoms with Gasteiger partial charge in [-0.3, -0.25) is 9.59 Å². The fourth-order valence-corrected chi connectivity index (χ4v) is 3.75. The van der Waals surface area contributed by atoms with Crippen molar-refractivity contribution in [1.82, 2.24) is 14.8 Å². The number of likely N-dealkylation sites (tertiary alicyclic amines) is 1. The Hall–Kier alpha value is -2.47. The van der Waals surface area contributed by atoms with Gasteiger partial charge in [0.05, 0.1) is 24.6 Å². The molecular formula is C20H23N3O3. The molecule has 2 aliphatic rings. The van der Waals surface area contributed by atoms with Gasteiger partial charge in [-0.25, -0.2) is 4.98 Å². The Morgan fingerprint density at radius 3 is 2.65 bits per heavy atom. The molecule has 136 valence electrons. The minimum Gasteiger partial charge on any atom is -0.378 e. The maximum atomic E-state index is 12.9. The second kappa shape index (κ2) is 7.41. The summed E-state index contributed by atoms with van der Waals surface area (Å²) >= 11 is 0. The molecule has 2 amide bonds. The van der Waals surface area contributed by atoms with Crippen LogP contribution in [0.3, 0.4) is 0 Å². The third-order valence-corrected chi connectivity index (χ3v) is 5.20. The molecule has 0 bridgehead atoms. The van der Waals surface area contributed by atoms with E-state index in [0.717, 1.165) is 23.7 Å². The highest BCUT2D eigenvalue weighted by atomic mass is 16.5. The lowest BCUT2D eigenvalue weighted by Crippen LogP contribution is -2.49. The first-order valence-corrected chi connectivity index (χ1v) is 9.24. The summed E-state index contributed by atoms with van der Waals surface area (Å²) in [5.41, 5.74) is 1.26. The van der Waals surface area contributed by atoms with Crippen LogP contribution in [0.4, 0.5) is 0 Å². The lowest BCUT2D eigenvalue weighted by molar-refractivity contribution is -0.141. The van der Waals surface area contributed by atoms with Crippen molar-refractivity contribution in [3.05, 3.63) is 42.1 Å². The highest BCUT2D eigenvalue weighted by Gasteiger charge is 2.32. The molecule has 0 unspecified atom stereocenters. The number of carbonyl (C=O) groups excluding carboxylic acids is 2. The summed E-state index contributed by atoms with van der Waals surface area (Å²) in [6, 6.07) is 11.5. The van der Waals surface area contributed by atoms with Gasteiger partial charge >= 0.3 is 0 Å². The molecule has 0 radical (unpaired) electrons. The number of amides is 2. The summed E-state index contributed by atoms with van der Waals surface area (Å²) < 4.78 is 5.32. The summed E-state index contributed by atoms with van der Waals surface area (Å²) in [5.74, 6) is -0.0567. The maximum Gasteiger partial charge on any atom is 0.272 e. The monoisotopic (exact) mass is 353 g/mol. The number of para-hydroxylation sites is 1. The summed E-state index contributed by atoms with van der Waals surface area (Å²) in [6.07, 6.45) is 1.69. The number of rotatable bonds is 2. The summed E-state index contributed by atoms with van der Waals surface area (Å²) in [7, 11) is 0. The zero-order chi connectivity index (χ0) is 17.9. The standard InChI is InChI=1S/C20H23N3O3/c24-19(22-10-12-26-13-11-22)16-5-3-9-23(14-16)20(25)18-8-7-15-4-1-2-6-17(15)21-18/h1-2,4,6-8,16H,3,5,9-14H2/t16-/m0/s1. The Bertz CT molecular complexity index is 817. The first-order valence-electron chi connectivity index (χ1n) is 9.24. The van der Waals surface area contributed by atoms with E-state index in [1.54, 1.807) is 11.0 Å². The van der Waals surface area contributed by atoms with Gasteiger partial charge in [-0.1, -0.05) is 24.3 Å². The van der Waals surface area contributed by atoms with Crippen LogP contribution < -0.4 is 0 Å². The summed E-state index contributed by atoms with van der Waals surface area (Å²) in [4.78, 5) is 33.8. The molecule has 2 saturated heterocycles. The molecule has 6 heteroatoms. The number of piperidine rings is 1. The van der Waals surface area contributed by atoms with E-state index in [1.165, 1.54) is 0 Å². The van der Waals surface area contributed by atoms with Crippen molar-refractivity contribution in [2.75, 3.05) is 39.4 Å². The molecule has 6 nitrogen and oxygen atoms in total. The number of hydrogen-bond acceptors (Lipinski definition) is 4. The maximum absolute atomic E-state index is 12.9. The number of ether oxygens (including phenoxy) is 1. The van der Waals surface area contributed by atoms with Crippen LogP contribution in [0.25, 0.3) is 10.9 Å². The van der Waals surface area contributed by atoms with Crippen molar-refractivity contribution in [2.45, 2.75) is 12.8 Å². The van der Waals surface area contributed by atoms with E-state index in [0.29, 0.717) is 45.1 Å². The van der Waals surface area contributed by atoms with Gasteiger partial charge < -0.3 is 14.5 Å². The quantitative estimate of drug-likeness (QED) is 0.828. The number of pyridine rings is 1. The number of carbonyl (C=O) groups is 2. The second-order valence-corrected chi connectivity index (χ2v) is 6.92. The van der Waals surface area contributed by atoms with Crippen LogP contribution in [-0.2, 0) is 9.53 Å². The predicted molar refractivity (Wildman–Crippen MR) is 97.8 cm³/mol. The Balaban J connectivity index is 1.47. The van der Waals surface area contributed by atoms with E-state index >= 15 is 0 Å². The van der Waals surface area contributed by atoms with Gasteiger partial charge in [0.1, 0.15) is 5.69 Å². The molecule has 1 aromatic carbocycles. The van der Waals surface area contributed by atoms with Crippen LogP contribution in [0.1, 0.15) is 23.3 Å². The molecular weight excluding hydrogens is 330 g/mol. The van der Waals surface area contributed by atoms with E-state index in [-0.39, 0.29) is 17.7 Å². The van der Waals surface area contributed by atoms with Crippen molar-refractivity contribution >= 4 is 22.7 Å². The fourth-order valence-electron chi connectivity index (χ4n) is 3.75. The number of aromatic nitrogens is 1. The third-order valence-electron chi connectivity index (χ3n) is 5.20. The Kier molecular flexibility index (Phi) is 4.84. The third kappa shape index (κ3) is 3.42. The molecule has 1 atom stereocenters. The van der Waals surface area contributed by atoms with Crippen LogP contribution in [0, 0.1) is 5.92 Å². The fraction of sp³-hybridized carbons (Fsp3) is 0.450. The largest absolute Gasteiger partial charge is 0.378 e. The number of morpholine rings is 1. The first-order chi connectivity index (χ1) is 12.7.